The number of hydrogen-bond acceptors (Lipinski definition) is 1. The van der Waals surface area contributed by atoms with E-state index in [4.69, 9.17) is 4.74 Å². The van der Waals surface area contributed by atoms with E-state index in [9.17, 15) is 0 Å². The van der Waals surface area contributed by atoms with Crippen LogP contribution in [0.3, 0.4) is 0 Å². The first-order valence-electron chi connectivity index (χ1n) is 7.01. The Bertz CT molecular complexity index is 395. The van der Waals surface area contributed by atoms with Crippen LogP contribution in [0.2, 0.25) is 0 Å². The van der Waals surface area contributed by atoms with E-state index in [1.54, 1.807) is 0 Å². The van der Waals surface area contributed by atoms with Crippen LogP contribution in [0.25, 0.3) is 0 Å². The van der Waals surface area contributed by atoms with Gasteiger partial charge in [-0.05, 0) is 43.7 Å². The molecule has 0 saturated carbocycles. The highest BCUT2D eigenvalue weighted by molar-refractivity contribution is 9.09. The third kappa shape index (κ3) is 3.62. The van der Waals surface area contributed by atoms with Crippen LogP contribution in [0.4, 0.5) is 0 Å². The fourth-order valence-corrected chi connectivity index (χ4v) is 5.02. The van der Waals surface area contributed by atoms with Crippen LogP contribution in [0.15, 0.2) is 24.3 Å². The van der Waals surface area contributed by atoms with Gasteiger partial charge >= 0.3 is 0 Å². The molecule has 1 atom stereocenters. The first-order valence-corrected chi connectivity index (χ1v) is 9.26. The van der Waals surface area contributed by atoms with E-state index in [-0.39, 0.29) is 5.41 Å². The highest BCUT2D eigenvalue weighted by Gasteiger charge is 2.32. The van der Waals surface area contributed by atoms with E-state index in [0.29, 0.717) is 6.10 Å². The highest BCUT2D eigenvalue weighted by Crippen LogP contribution is 2.37. The first kappa shape index (κ1) is 15.5. The molecule has 1 aromatic carbocycles. The topological polar surface area (TPSA) is 9.23 Å². The van der Waals surface area contributed by atoms with E-state index in [1.807, 2.05) is 0 Å². The van der Waals surface area contributed by atoms with Crippen molar-refractivity contribution in [3.8, 4) is 0 Å². The van der Waals surface area contributed by atoms with Gasteiger partial charge in [0.1, 0.15) is 0 Å². The van der Waals surface area contributed by atoms with Gasteiger partial charge in [-0.2, -0.15) is 0 Å². The number of alkyl halides is 2. The Balaban J connectivity index is 2.14. The number of halogens is 2. The molecular formula is C16H22Br2O. The number of ether oxygens (including phenoxy) is 1. The number of aryl methyl sites for hydroxylation is 1. The average Bonchev–Trinajstić information content (AvgIpc) is 2.95. The smallest absolute Gasteiger partial charge is 0.0576 e. The maximum absolute atomic E-state index is 5.77. The van der Waals surface area contributed by atoms with Crippen molar-refractivity contribution in [3.63, 3.8) is 0 Å². The van der Waals surface area contributed by atoms with Gasteiger partial charge in [0, 0.05) is 22.7 Å². The Hall–Kier alpha value is 0.140. The molecule has 0 radical (unpaired) electrons. The van der Waals surface area contributed by atoms with Crippen molar-refractivity contribution in [1.29, 1.82) is 0 Å². The molecule has 1 aromatic rings. The van der Waals surface area contributed by atoms with Crippen molar-refractivity contribution in [2.24, 2.45) is 0 Å². The molecule has 3 heteroatoms. The lowest BCUT2D eigenvalue weighted by Crippen LogP contribution is -2.32. The molecule has 19 heavy (non-hydrogen) atoms. The Labute approximate surface area is 133 Å². The van der Waals surface area contributed by atoms with E-state index >= 15 is 0 Å². The zero-order valence-corrected chi connectivity index (χ0v) is 14.7. The Morgan fingerprint density at radius 3 is 2.58 bits per heavy atom. The van der Waals surface area contributed by atoms with Gasteiger partial charge < -0.3 is 4.74 Å². The van der Waals surface area contributed by atoms with Gasteiger partial charge in [0.2, 0.25) is 0 Å². The molecule has 1 nitrogen and oxygen atoms in total. The molecule has 0 aliphatic carbocycles. The van der Waals surface area contributed by atoms with Crippen molar-refractivity contribution in [3.05, 3.63) is 35.4 Å². The summed E-state index contributed by atoms with van der Waals surface area (Å²) in [6.07, 6.45) is 5.25. The quantitative estimate of drug-likeness (QED) is 0.623. The van der Waals surface area contributed by atoms with Crippen LogP contribution < -0.4 is 0 Å². The molecule has 1 unspecified atom stereocenters. The van der Waals surface area contributed by atoms with Crippen molar-refractivity contribution in [2.45, 2.75) is 44.1 Å². The predicted octanol–water partition coefficient (Wildman–Crippen LogP) is 4.98. The Morgan fingerprint density at radius 2 is 2.00 bits per heavy atom. The highest BCUT2D eigenvalue weighted by atomic mass is 79.9. The molecule has 1 fully saturated rings. The summed E-state index contributed by atoms with van der Waals surface area (Å²) in [7, 11) is 0. The Kier molecular flexibility index (Phi) is 5.91. The lowest BCUT2D eigenvalue weighted by atomic mass is 9.77. The van der Waals surface area contributed by atoms with Crippen LogP contribution in [-0.4, -0.2) is 23.4 Å². The summed E-state index contributed by atoms with van der Waals surface area (Å²) in [5.41, 5.74) is 3.02. The second-order valence-electron chi connectivity index (χ2n) is 5.54. The largest absolute Gasteiger partial charge is 0.378 e. The van der Waals surface area contributed by atoms with Crippen molar-refractivity contribution >= 4 is 31.9 Å². The fraction of sp³-hybridized carbons (Fsp3) is 0.625. The molecule has 1 saturated heterocycles. The van der Waals surface area contributed by atoms with Gasteiger partial charge in [-0.1, -0.05) is 56.1 Å². The zero-order valence-electron chi connectivity index (χ0n) is 11.5. The molecule has 0 aromatic heterocycles. The molecule has 0 spiro atoms. The monoisotopic (exact) mass is 388 g/mol. The van der Waals surface area contributed by atoms with Gasteiger partial charge in [0.25, 0.3) is 0 Å². The first-order chi connectivity index (χ1) is 9.22. The molecule has 1 aliphatic rings. The van der Waals surface area contributed by atoms with Gasteiger partial charge in [-0.25, -0.2) is 0 Å². The number of rotatable bonds is 6. The minimum Gasteiger partial charge on any atom is -0.378 e. The van der Waals surface area contributed by atoms with Crippen LogP contribution in [0.1, 0.15) is 36.8 Å². The van der Waals surface area contributed by atoms with Crippen LogP contribution in [0, 0.1) is 6.92 Å². The molecule has 0 N–H and O–H groups in total. The molecule has 0 bridgehead atoms. The lowest BCUT2D eigenvalue weighted by molar-refractivity contribution is 0.0978. The van der Waals surface area contributed by atoms with Gasteiger partial charge in [0.15, 0.2) is 0 Å². The lowest BCUT2D eigenvalue weighted by Gasteiger charge is -2.33. The maximum atomic E-state index is 5.77. The van der Waals surface area contributed by atoms with E-state index in [0.717, 1.165) is 23.7 Å². The maximum Gasteiger partial charge on any atom is 0.0576 e. The second-order valence-corrected chi connectivity index (χ2v) is 6.66. The van der Waals surface area contributed by atoms with Crippen molar-refractivity contribution in [1.82, 2.24) is 0 Å². The molecular weight excluding hydrogens is 368 g/mol. The summed E-state index contributed by atoms with van der Waals surface area (Å²) >= 11 is 7.49. The summed E-state index contributed by atoms with van der Waals surface area (Å²) in [4.78, 5) is 0. The molecule has 1 heterocycles. The van der Waals surface area contributed by atoms with E-state index in [1.165, 1.54) is 30.4 Å². The van der Waals surface area contributed by atoms with Crippen LogP contribution in [0.5, 0.6) is 0 Å². The van der Waals surface area contributed by atoms with Crippen LogP contribution in [-0.2, 0) is 10.2 Å². The van der Waals surface area contributed by atoms with E-state index in [2.05, 4.69) is 63.0 Å². The number of hydrogen-bond donors (Lipinski definition) is 0. The Morgan fingerprint density at radius 1 is 1.26 bits per heavy atom. The summed E-state index contributed by atoms with van der Waals surface area (Å²) in [6.45, 7) is 3.16. The summed E-state index contributed by atoms with van der Waals surface area (Å²) in [5, 5.41) is 1.98. The SMILES string of the molecule is Cc1ccccc1C(CBr)(CBr)CCC1CCCO1. The van der Waals surface area contributed by atoms with Gasteiger partial charge in [-0.3, -0.25) is 0 Å². The standard InChI is InChI=1S/C16H22Br2O/c1-13-5-2-3-7-15(13)16(11-17,12-18)9-8-14-6-4-10-19-14/h2-3,5,7,14H,4,6,8-12H2,1H3. The van der Waals surface area contributed by atoms with Crippen LogP contribution >= 0.6 is 31.9 Å². The fourth-order valence-electron chi connectivity index (χ4n) is 2.93. The van der Waals surface area contributed by atoms with Crippen molar-refractivity contribution < 1.29 is 4.74 Å². The summed E-state index contributed by atoms with van der Waals surface area (Å²) in [6, 6.07) is 8.75. The third-order valence-corrected chi connectivity index (χ3v) is 6.34. The number of benzene rings is 1. The molecule has 106 valence electrons. The second kappa shape index (κ2) is 7.24. The van der Waals surface area contributed by atoms with Gasteiger partial charge in [-0.15, -0.1) is 0 Å². The third-order valence-electron chi connectivity index (χ3n) is 4.20. The van der Waals surface area contributed by atoms with Crippen molar-refractivity contribution in [2.75, 3.05) is 17.3 Å². The summed E-state index contributed by atoms with van der Waals surface area (Å²) in [5.74, 6) is 0. The predicted molar refractivity (Wildman–Crippen MR) is 88.7 cm³/mol. The normalized spacial score (nSPS) is 19.8. The molecule has 0 amide bonds. The van der Waals surface area contributed by atoms with Gasteiger partial charge in [0.05, 0.1) is 6.10 Å². The molecule has 2 rings (SSSR count). The molecule has 1 aliphatic heterocycles. The summed E-state index contributed by atoms with van der Waals surface area (Å²) < 4.78 is 5.77. The minimum atomic E-state index is 0.178. The average molecular weight is 390 g/mol. The minimum absolute atomic E-state index is 0.178. The zero-order chi connectivity index (χ0) is 13.7. The van der Waals surface area contributed by atoms with E-state index < -0.39 is 0 Å².